The van der Waals surface area contributed by atoms with Crippen LogP contribution in [0.2, 0.25) is 0 Å². The maximum Gasteiger partial charge on any atom is 0.410 e. The second-order valence-corrected chi connectivity index (χ2v) is 5.80. The first-order valence-corrected chi connectivity index (χ1v) is 7.99. The lowest BCUT2D eigenvalue weighted by atomic mass is 10.1. The summed E-state index contributed by atoms with van der Waals surface area (Å²) >= 11 is 0. The Morgan fingerprint density at radius 3 is 2.80 bits per heavy atom. The van der Waals surface area contributed by atoms with Crippen molar-refractivity contribution in [2.75, 3.05) is 19.7 Å². The topological polar surface area (TPSA) is 97.3 Å². The van der Waals surface area contributed by atoms with Crippen LogP contribution in [0.3, 0.4) is 0 Å². The number of amides is 2. The zero-order valence-corrected chi connectivity index (χ0v) is 14.1. The van der Waals surface area contributed by atoms with Gasteiger partial charge in [-0.2, -0.15) is 0 Å². The van der Waals surface area contributed by atoms with Crippen molar-refractivity contribution in [1.29, 1.82) is 0 Å². The highest BCUT2D eigenvalue weighted by Gasteiger charge is 2.25. The van der Waals surface area contributed by atoms with Crippen molar-refractivity contribution in [3.63, 3.8) is 0 Å². The second kappa shape index (κ2) is 7.25. The minimum atomic E-state index is -0.455. The molecule has 1 saturated heterocycles. The molecule has 8 heteroatoms. The summed E-state index contributed by atoms with van der Waals surface area (Å²) < 4.78 is 4.81. The molecular formula is C17H19N5O3. The minimum absolute atomic E-state index is 0.0157. The van der Waals surface area contributed by atoms with E-state index < -0.39 is 6.09 Å². The molecule has 3 heterocycles. The average Bonchev–Trinajstić information content (AvgIpc) is 3.00. The van der Waals surface area contributed by atoms with E-state index in [0.29, 0.717) is 19.0 Å². The lowest BCUT2D eigenvalue weighted by Gasteiger charge is -2.18. The molecule has 0 spiro atoms. The van der Waals surface area contributed by atoms with Gasteiger partial charge in [-0.05, 0) is 26.0 Å². The van der Waals surface area contributed by atoms with Crippen LogP contribution in [0, 0.1) is 6.92 Å². The third kappa shape index (κ3) is 3.90. The fourth-order valence-corrected chi connectivity index (χ4v) is 2.65. The van der Waals surface area contributed by atoms with Gasteiger partial charge in [-0.3, -0.25) is 14.7 Å². The fourth-order valence-electron chi connectivity index (χ4n) is 2.65. The number of carbonyl (C=O) groups is 2. The van der Waals surface area contributed by atoms with Crippen LogP contribution in [0.5, 0.6) is 0 Å². The molecule has 2 aromatic heterocycles. The molecule has 1 fully saturated rings. The van der Waals surface area contributed by atoms with E-state index in [2.05, 4.69) is 20.3 Å². The molecule has 2 aromatic rings. The molecule has 2 amide bonds. The number of hydrogen-bond donors (Lipinski definition) is 1. The van der Waals surface area contributed by atoms with Crippen LogP contribution in [0.4, 0.5) is 4.79 Å². The van der Waals surface area contributed by atoms with Crippen LogP contribution < -0.4 is 5.32 Å². The highest BCUT2D eigenvalue weighted by atomic mass is 16.6. The van der Waals surface area contributed by atoms with Gasteiger partial charge in [0.1, 0.15) is 13.2 Å². The third-order valence-corrected chi connectivity index (χ3v) is 3.98. The predicted octanol–water partition coefficient (Wildman–Crippen LogP) is 1.48. The molecule has 0 unspecified atom stereocenters. The molecule has 1 aliphatic heterocycles. The van der Waals surface area contributed by atoms with Crippen LogP contribution in [0.1, 0.15) is 24.2 Å². The number of aryl methyl sites for hydroxylation is 1. The monoisotopic (exact) mass is 341 g/mol. The van der Waals surface area contributed by atoms with E-state index in [-0.39, 0.29) is 18.5 Å². The van der Waals surface area contributed by atoms with Gasteiger partial charge in [-0.25, -0.2) is 14.8 Å². The van der Waals surface area contributed by atoms with Gasteiger partial charge in [0.25, 0.3) is 0 Å². The smallest absolute Gasteiger partial charge is 0.410 e. The number of aromatic nitrogens is 3. The Kier molecular flexibility index (Phi) is 4.87. The molecule has 0 saturated carbocycles. The van der Waals surface area contributed by atoms with Crippen molar-refractivity contribution in [1.82, 2.24) is 25.2 Å². The quantitative estimate of drug-likeness (QED) is 0.884. The molecule has 25 heavy (non-hydrogen) atoms. The van der Waals surface area contributed by atoms with E-state index in [9.17, 15) is 9.59 Å². The van der Waals surface area contributed by atoms with Gasteiger partial charge >= 0.3 is 6.09 Å². The molecule has 0 aromatic carbocycles. The molecule has 130 valence electrons. The molecular weight excluding hydrogens is 322 g/mol. The standard InChI is InChI=1S/C17H19N5O3/c1-11(20-15(23)10-22-7-8-25-17(22)24)14-9-19-16(21-12(14)2)13-3-5-18-6-4-13/h3-6,9,11H,7-8,10H2,1-2H3,(H,20,23)/t11-/m0/s1. The first kappa shape index (κ1) is 16.8. The highest BCUT2D eigenvalue weighted by Crippen LogP contribution is 2.19. The van der Waals surface area contributed by atoms with E-state index in [0.717, 1.165) is 16.8 Å². The summed E-state index contributed by atoms with van der Waals surface area (Å²) in [7, 11) is 0. The molecule has 0 bridgehead atoms. The van der Waals surface area contributed by atoms with Crippen LogP contribution in [-0.2, 0) is 9.53 Å². The van der Waals surface area contributed by atoms with E-state index in [1.54, 1.807) is 18.6 Å². The van der Waals surface area contributed by atoms with E-state index in [1.807, 2.05) is 26.0 Å². The first-order chi connectivity index (χ1) is 12.0. The summed E-state index contributed by atoms with van der Waals surface area (Å²) in [6, 6.07) is 3.42. The molecule has 1 atom stereocenters. The summed E-state index contributed by atoms with van der Waals surface area (Å²) in [6.07, 6.45) is 4.64. The maximum absolute atomic E-state index is 12.1. The summed E-state index contributed by atoms with van der Waals surface area (Å²) in [5.41, 5.74) is 2.50. The van der Waals surface area contributed by atoms with Gasteiger partial charge in [0, 0.05) is 35.4 Å². The van der Waals surface area contributed by atoms with Gasteiger partial charge in [0.15, 0.2) is 5.82 Å². The molecule has 3 rings (SSSR count). The number of rotatable bonds is 5. The Balaban J connectivity index is 1.66. The average molecular weight is 341 g/mol. The van der Waals surface area contributed by atoms with Gasteiger partial charge in [0.05, 0.1) is 12.6 Å². The minimum Gasteiger partial charge on any atom is -0.448 e. The van der Waals surface area contributed by atoms with Crippen LogP contribution in [0.15, 0.2) is 30.7 Å². The zero-order valence-electron chi connectivity index (χ0n) is 14.1. The van der Waals surface area contributed by atoms with Crippen molar-refractivity contribution in [3.8, 4) is 11.4 Å². The van der Waals surface area contributed by atoms with Crippen LogP contribution in [-0.4, -0.2) is 51.5 Å². The van der Waals surface area contributed by atoms with Crippen molar-refractivity contribution < 1.29 is 14.3 Å². The van der Waals surface area contributed by atoms with Crippen LogP contribution >= 0.6 is 0 Å². The van der Waals surface area contributed by atoms with Gasteiger partial charge in [-0.1, -0.05) is 0 Å². The Morgan fingerprint density at radius 1 is 1.40 bits per heavy atom. The summed E-state index contributed by atoms with van der Waals surface area (Å²) in [6.45, 7) is 4.48. The summed E-state index contributed by atoms with van der Waals surface area (Å²) in [4.78, 5) is 37.8. The van der Waals surface area contributed by atoms with Crippen molar-refractivity contribution >= 4 is 12.0 Å². The predicted molar refractivity (Wildman–Crippen MR) is 89.5 cm³/mol. The number of cyclic esters (lactones) is 1. The lowest BCUT2D eigenvalue weighted by molar-refractivity contribution is -0.122. The Labute approximate surface area is 145 Å². The van der Waals surface area contributed by atoms with Crippen molar-refractivity contribution in [2.45, 2.75) is 19.9 Å². The Morgan fingerprint density at radius 2 is 2.16 bits per heavy atom. The van der Waals surface area contributed by atoms with Gasteiger partial charge < -0.3 is 10.1 Å². The lowest BCUT2D eigenvalue weighted by Crippen LogP contribution is -2.38. The third-order valence-electron chi connectivity index (χ3n) is 3.98. The number of nitrogens with zero attached hydrogens (tertiary/aromatic N) is 4. The highest BCUT2D eigenvalue weighted by molar-refractivity contribution is 5.83. The number of nitrogens with one attached hydrogen (secondary N) is 1. The number of pyridine rings is 1. The fraction of sp³-hybridized carbons (Fsp3) is 0.353. The van der Waals surface area contributed by atoms with Gasteiger partial charge in [-0.15, -0.1) is 0 Å². The summed E-state index contributed by atoms with van der Waals surface area (Å²) in [5.74, 6) is 0.367. The van der Waals surface area contributed by atoms with Crippen LogP contribution in [0.25, 0.3) is 11.4 Å². The van der Waals surface area contributed by atoms with E-state index in [1.165, 1.54) is 4.90 Å². The number of ether oxygens (including phenoxy) is 1. The van der Waals surface area contributed by atoms with Gasteiger partial charge in [0.2, 0.25) is 5.91 Å². The SMILES string of the molecule is Cc1nc(-c2ccncc2)ncc1[C@H](C)NC(=O)CN1CCOC1=O. The molecule has 0 radical (unpaired) electrons. The summed E-state index contributed by atoms with van der Waals surface area (Å²) in [5, 5.41) is 2.87. The molecule has 0 aliphatic carbocycles. The number of carbonyl (C=O) groups excluding carboxylic acids is 2. The van der Waals surface area contributed by atoms with E-state index >= 15 is 0 Å². The first-order valence-electron chi connectivity index (χ1n) is 7.99. The maximum atomic E-state index is 12.1. The Hall–Kier alpha value is -3.03. The zero-order chi connectivity index (χ0) is 17.8. The molecule has 1 N–H and O–H groups in total. The van der Waals surface area contributed by atoms with Crippen molar-refractivity contribution in [3.05, 3.63) is 42.0 Å². The normalized spacial score (nSPS) is 15.0. The van der Waals surface area contributed by atoms with E-state index in [4.69, 9.17) is 4.74 Å². The second-order valence-electron chi connectivity index (χ2n) is 5.80. The molecule has 1 aliphatic rings. The largest absolute Gasteiger partial charge is 0.448 e. The number of hydrogen-bond acceptors (Lipinski definition) is 6. The Bertz CT molecular complexity index is 781. The molecule has 8 nitrogen and oxygen atoms in total. The van der Waals surface area contributed by atoms with Crippen molar-refractivity contribution in [2.24, 2.45) is 0 Å².